The monoisotopic (exact) mass is 419 g/mol. The fourth-order valence-corrected chi connectivity index (χ4v) is 4.70. The van der Waals surface area contributed by atoms with Crippen molar-refractivity contribution in [3.63, 3.8) is 0 Å². The molecular weight excluding hydrogens is 397 g/mol. The van der Waals surface area contributed by atoms with Crippen molar-refractivity contribution < 1.29 is 9.18 Å². The third-order valence-corrected chi connectivity index (χ3v) is 6.38. The number of halogens is 1. The number of benzene rings is 1. The summed E-state index contributed by atoms with van der Waals surface area (Å²) < 4.78 is 15.7. The maximum atomic E-state index is 14.2. The Balaban J connectivity index is 1.36. The molecule has 1 saturated heterocycles. The standard InChI is InChI=1S/C23H22FN5O2/c1-27-20(30)10-19(15-8-9-25-11-18(15)24)26-23(27)28(2)21-16-12-29(13-17(16)21)22(31)14-6-4-3-5-7-14/h3-11,16-17,21H,12-13H2,1-2H3/t16-,17+,21+. The first kappa shape index (κ1) is 19.4. The van der Waals surface area contributed by atoms with Crippen molar-refractivity contribution in [1.82, 2.24) is 19.4 Å². The highest BCUT2D eigenvalue weighted by Crippen LogP contribution is 2.49. The van der Waals surface area contributed by atoms with Gasteiger partial charge >= 0.3 is 0 Å². The molecule has 3 heterocycles. The van der Waals surface area contributed by atoms with Crippen LogP contribution in [-0.4, -0.2) is 51.5 Å². The maximum Gasteiger partial charge on any atom is 0.255 e. The Labute approximate surface area is 178 Å². The van der Waals surface area contributed by atoms with E-state index in [0.717, 1.165) is 6.20 Å². The van der Waals surface area contributed by atoms with Crippen molar-refractivity contribution in [2.75, 3.05) is 25.0 Å². The first-order valence-corrected chi connectivity index (χ1v) is 10.2. The van der Waals surface area contributed by atoms with Crippen molar-refractivity contribution in [3.05, 3.63) is 76.6 Å². The van der Waals surface area contributed by atoms with Gasteiger partial charge in [-0.2, -0.15) is 0 Å². The lowest BCUT2D eigenvalue weighted by atomic mass is 10.2. The summed E-state index contributed by atoms with van der Waals surface area (Å²) in [5, 5.41) is 0. The summed E-state index contributed by atoms with van der Waals surface area (Å²) in [6.07, 6.45) is 2.59. The molecule has 1 saturated carbocycles. The smallest absolute Gasteiger partial charge is 0.255 e. The van der Waals surface area contributed by atoms with Crippen LogP contribution < -0.4 is 10.5 Å². The molecule has 1 aliphatic carbocycles. The number of fused-ring (bicyclic) bond motifs is 1. The molecule has 1 aromatic carbocycles. The third kappa shape index (κ3) is 3.28. The number of piperidine rings is 1. The van der Waals surface area contributed by atoms with Crippen LogP contribution in [0.4, 0.5) is 10.3 Å². The molecule has 3 aromatic rings. The first-order chi connectivity index (χ1) is 15.0. The van der Waals surface area contributed by atoms with Gasteiger partial charge in [0.2, 0.25) is 5.95 Å². The number of nitrogens with zero attached hydrogens (tertiary/aromatic N) is 5. The van der Waals surface area contributed by atoms with Gasteiger partial charge in [0.15, 0.2) is 5.82 Å². The fourth-order valence-electron chi connectivity index (χ4n) is 4.70. The molecule has 0 N–H and O–H groups in total. The number of hydrogen-bond donors (Lipinski definition) is 0. The van der Waals surface area contributed by atoms with E-state index in [1.807, 2.05) is 47.2 Å². The van der Waals surface area contributed by atoms with Gasteiger partial charge in [0.1, 0.15) is 0 Å². The SMILES string of the molecule is CN(c1nc(-c2ccncc2F)cc(=O)n1C)[C@H]1[C@@H]2CN(C(=O)c3ccccc3)C[C@@H]21. The normalized spacial score (nSPS) is 21.6. The highest BCUT2D eigenvalue weighted by molar-refractivity contribution is 5.94. The van der Waals surface area contributed by atoms with Gasteiger partial charge in [0.25, 0.3) is 11.5 Å². The number of amides is 1. The van der Waals surface area contributed by atoms with Crippen LogP contribution in [0.2, 0.25) is 0 Å². The highest BCUT2D eigenvalue weighted by Gasteiger charge is 2.59. The van der Waals surface area contributed by atoms with E-state index in [9.17, 15) is 14.0 Å². The van der Waals surface area contributed by atoms with Crippen LogP contribution >= 0.6 is 0 Å². The molecule has 2 aliphatic rings. The van der Waals surface area contributed by atoms with E-state index in [1.54, 1.807) is 7.05 Å². The minimum Gasteiger partial charge on any atom is -0.342 e. The van der Waals surface area contributed by atoms with Crippen molar-refractivity contribution in [3.8, 4) is 11.3 Å². The van der Waals surface area contributed by atoms with E-state index in [1.165, 1.54) is 22.9 Å². The summed E-state index contributed by atoms with van der Waals surface area (Å²) in [7, 11) is 3.57. The van der Waals surface area contributed by atoms with E-state index < -0.39 is 5.82 Å². The van der Waals surface area contributed by atoms with E-state index in [0.29, 0.717) is 36.4 Å². The molecule has 31 heavy (non-hydrogen) atoms. The fraction of sp³-hybridized carbons (Fsp3) is 0.304. The van der Waals surface area contributed by atoms with E-state index >= 15 is 0 Å². The third-order valence-electron chi connectivity index (χ3n) is 6.38. The molecular formula is C23H22FN5O2. The van der Waals surface area contributed by atoms with Gasteiger partial charge < -0.3 is 9.80 Å². The summed E-state index contributed by atoms with van der Waals surface area (Å²) in [4.78, 5) is 37.5. The van der Waals surface area contributed by atoms with Gasteiger partial charge in [0, 0.05) is 68.5 Å². The molecule has 2 fully saturated rings. The Morgan fingerprint density at radius 1 is 1.16 bits per heavy atom. The minimum absolute atomic E-state index is 0.0508. The molecule has 7 nitrogen and oxygen atoms in total. The zero-order chi connectivity index (χ0) is 21.7. The van der Waals surface area contributed by atoms with Crippen LogP contribution in [0.1, 0.15) is 10.4 Å². The summed E-state index contributed by atoms with van der Waals surface area (Å²) in [5.74, 6) is 0.677. The molecule has 0 unspecified atom stereocenters. The van der Waals surface area contributed by atoms with Crippen LogP contribution in [-0.2, 0) is 7.05 Å². The second kappa shape index (κ2) is 7.30. The number of carbonyl (C=O) groups is 1. The van der Waals surface area contributed by atoms with Crippen LogP contribution in [0.25, 0.3) is 11.3 Å². The zero-order valence-electron chi connectivity index (χ0n) is 17.3. The lowest BCUT2D eigenvalue weighted by Gasteiger charge is -2.26. The molecule has 3 atom stereocenters. The molecule has 8 heteroatoms. The number of anilines is 1. The Kier molecular flexibility index (Phi) is 4.57. The summed E-state index contributed by atoms with van der Waals surface area (Å²) in [5.41, 5.74) is 0.981. The Morgan fingerprint density at radius 2 is 1.87 bits per heavy atom. The predicted molar refractivity (Wildman–Crippen MR) is 114 cm³/mol. The molecule has 0 radical (unpaired) electrons. The van der Waals surface area contributed by atoms with Crippen LogP contribution in [0.5, 0.6) is 0 Å². The molecule has 1 amide bonds. The average Bonchev–Trinajstić information content (AvgIpc) is 3.28. The van der Waals surface area contributed by atoms with Crippen LogP contribution in [0.3, 0.4) is 0 Å². The zero-order valence-corrected chi connectivity index (χ0v) is 17.3. The Morgan fingerprint density at radius 3 is 2.55 bits per heavy atom. The molecule has 5 rings (SSSR count). The van der Waals surface area contributed by atoms with Gasteiger partial charge in [-0.25, -0.2) is 9.37 Å². The largest absolute Gasteiger partial charge is 0.342 e. The predicted octanol–water partition coefficient (Wildman–Crippen LogP) is 2.19. The second-order valence-electron chi connectivity index (χ2n) is 8.20. The minimum atomic E-state index is -0.518. The van der Waals surface area contributed by atoms with Crippen molar-refractivity contribution in [2.45, 2.75) is 6.04 Å². The van der Waals surface area contributed by atoms with Crippen LogP contribution in [0, 0.1) is 17.7 Å². The number of pyridine rings is 1. The Bertz CT molecular complexity index is 1200. The van der Waals surface area contributed by atoms with Gasteiger partial charge in [-0.3, -0.25) is 19.1 Å². The van der Waals surface area contributed by atoms with Crippen LogP contribution in [0.15, 0.2) is 59.7 Å². The highest BCUT2D eigenvalue weighted by atomic mass is 19.1. The average molecular weight is 419 g/mol. The van der Waals surface area contributed by atoms with E-state index in [4.69, 9.17) is 0 Å². The molecule has 158 valence electrons. The summed E-state index contributed by atoms with van der Waals surface area (Å²) >= 11 is 0. The van der Waals surface area contributed by atoms with E-state index in [-0.39, 0.29) is 28.8 Å². The van der Waals surface area contributed by atoms with Gasteiger partial charge in [0.05, 0.1) is 11.9 Å². The van der Waals surface area contributed by atoms with Gasteiger partial charge in [-0.05, 0) is 18.2 Å². The number of hydrogen-bond acceptors (Lipinski definition) is 5. The Hall–Kier alpha value is -3.55. The van der Waals surface area contributed by atoms with Gasteiger partial charge in [-0.15, -0.1) is 0 Å². The molecule has 2 aromatic heterocycles. The van der Waals surface area contributed by atoms with Crippen molar-refractivity contribution in [1.29, 1.82) is 0 Å². The van der Waals surface area contributed by atoms with Crippen molar-refractivity contribution >= 4 is 11.9 Å². The number of rotatable bonds is 4. The lowest BCUT2D eigenvalue weighted by molar-refractivity contribution is 0.0772. The summed E-state index contributed by atoms with van der Waals surface area (Å²) in [6, 6.07) is 12.3. The van der Waals surface area contributed by atoms with Crippen molar-refractivity contribution in [2.24, 2.45) is 18.9 Å². The maximum absolute atomic E-state index is 14.2. The quantitative estimate of drug-likeness (QED) is 0.648. The lowest BCUT2D eigenvalue weighted by Crippen LogP contribution is -2.38. The van der Waals surface area contributed by atoms with E-state index in [2.05, 4.69) is 9.97 Å². The second-order valence-corrected chi connectivity index (χ2v) is 8.20. The molecule has 0 bridgehead atoms. The number of likely N-dealkylation sites (tertiary alicyclic amines) is 1. The van der Waals surface area contributed by atoms with Gasteiger partial charge in [-0.1, -0.05) is 18.2 Å². The summed E-state index contributed by atoms with van der Waals surface area (Å²) in [6.45, 7) is 1.36. The number of carbonyl (C=O) groups excluding carboxylic acids is 1. The first-order valence-electron chi connectivity index (χ1n) is 10.2. The molecule has 1 aliphatic heterocycles. The molecule has 0 spiro atoms. The number of aromatic nitrogens is 3. The topological polar surface area (TPSA) is 71.3 Å².